The Morgan fingerprint density at radius 3 is 2.79 bits per heavy atom. The molecule has 0 saturated heterocycles. The number of carbonyl (C=O) groups excluding carboxylic acids is 1. The predicted octanol–water partition coefficient (Wildman–Crippen LogP) is 2.85. The summed E-state index contributed by atoms with van der Waals surface area (Å²) in [5.41, 5.74) is 7.61. The molecule has 142 valence electrons. The second-order valence-corrected chi connectivity index (χ2v) is 6.13. The molecule has 0 fully saturated rings. The van der Waals surface area contributed by atoms with E-state index in [1.54, 1.807) is 18.3 Å². The Balaban J connectivity index is 2.02. The summed E-state index contributed by atoms with van der Waals surface area (Å²) in [4.78, 5) is 14.5. The highest BCUT2D eigenvalue weighted by atomic mass is 16.6. The van der Waals surface area contributed by atoms with Gasteiger partial charge in [-0.25, -0.2) is 9.36 Å². The van der Waals surface area contributed by atoms with Crippen LogP contribution >= 0.6 is 0 Å². The molecule has 0 aliphatic heterocycles. The third-order valence-corrected chi connectivity index (χ3v) is 4.46. The number of benzene rings is 2. The van der Waals surface area contributed by atoms with Crippen LogP contribution in [0.5, 0.6) is 17.5 Å². The molecular formula is C19H17N5O4. The van der Waals surface area contributed by atoms with Crippen molar-refractivity contribution >= 4 is 17.0 Å². The van der Waals surface area contributed by atoms with Crippen LogP contribution in [0.25, 0.3) is 28.0 Å². The number of amides is 1. The van der Waals surface area contributed by atoms with E-state index >= 15 is 0 Å². The van der Waals surface area contributed by atoms with E-state index in [-0.39, 0.29) is 23.3 Å². The van der Waals surface area contributed by atoms with Gasteiger partial charge in [-0.15, -0.1) is 5.10 Å². The van der Waals surface area contributed by atoms with E-state index in [1.807, 2.05) is 25.1 Å². The van der Waals surface area contributed by atoms with Gasteiger partial charge < -0.3 is 25.7 Å². The minimum absolute atomic E-state index is 0.0174. The lowest BCUT2D eigenvalue weighted by Crippen LogP contribution is -2.18. The largest absolute Gasteiger partial charge is 0.508 e. The van der Waals surface area contributed by atoms with E-state index in [0.717, 1.165) is 10.9 Å². The summed E-state index contributed by atoms with van der Waals surface area (Å²) in [5, 5.41) is 29.3. The minimum Gasteiger partial charge on any atom is -0.508 e. The number of aromatic amines is 1. The second kappa shape index (κ2) is 6.62. The third kappa shape index (κ3) is 2.78. The van der Waals surface area contributed by atoms with Crippen LogP contribution in [0.15, 0.2) is 42.6 Å². The van der Waals surface area contributed by atoms with Crippen LogP contribution in [0.3, 0.4) is 0 Å². The lowest BCUT2D eigenvalue weighted by atomic mass is 10.1. The Hall–Kier alpha value is -4.01. The van der Waals surface area contributed by atoms with Crippen LogP contribution in [0.2, 0.25) is 0 Å². The molecule has 9 nitrogen and oxygen atoms in total. The minimum atomic E-state index is -1.04. The van der Waals surface area contributed by atoms with Gasteiger partial charge in [0, 0.05) is 23.2 Å². The smallest absolute Gasteiger partial charge is 0.412 e. The topological polar surface area (TPSA) is 139 Å². The van der Waals surface area contributed by atoms with Crippen molar-refractivity contribution in [3.05, 3.63) is 48.2 Å². The van der Waals surface area contributed by atoms with Crippen molar-refractivity contribution in [1.82, 2.24) is 19.7 Å². The molecule has 2 heterocycles. The number of phenols is 2. The van der Waals surface area contributed by atoms with Gasteiger partial charge in [0.1, 0.15) is 11.5 Å². The number of aromatic hydroxyl groups is 2. The van der Waals surface area contributed by atoms with Crippen LogP contribution in [-0.2, 0) is 6.42 Å². The van der Waals surface area contributed by atoms with Crippen molar-refractivity contribution in [3.8, 4) is 34.6 Å². The van der Waals surface area contributed by atoms with Crippen molar-refractivity contribution in [3.63, 3.8) is 0 Å². The standard InChI is InChI=1S/C19H17N5O4/c1-2-10-8-12(16(26)9-15(10)25)17-22-23-19(28-18(20)27)24(17)14-5-3-4-13-11(14)6-7-21-13/h3-9,21,25-26H,2H2,1H3,(H2,20,27). The van der Waals surface area contributed by atoms with Crippen molar-refractivity contribution in [2.24, 2.45) is 5.73 Å². The fraction of sp³-hybridized carbons (Fsp3) is 0.105. The average molecular weight is 379 g/mol. The summed E-state index contributed by atoms with van der Waals surface area (Å²) in [6.45, 7) is 1.88. The Kier molecular flexibility index (Phi) is 4.11. The van der Waals surface area contributed by atoms with Crippen LogP contribution in [0, 0.1) is 0 Å². The molecule has 0 aliphatic carbocycles. The van der Waals surface area contributed by atoms with Gasteiger partial charge in [0.25, 0.3) is 0 Å². The molecule has 0 bridgehead atoms. The molecule has 0 unspecified atom stereocenters. The Morgan fingerprint density at radius 1 is 1.21 bits per heavy atom. The Labute approximate surface area is 159 Å². The lowest BCUT2D eigenvalue weighted by molar-refractivity contribution is 0.206. The lowest BCUT2D eigenvalue weighted by Gasteiger charge is -2.13. The molecule has 0 saturated carbocycles. The number of nitrogens with one attached hydrogen (secondary N) is 1. The molecule has 0 atom stereocenters. The monoisotopic (exact) mass is 379 g/mol. The van der Waals surface area contributed by atoms with Crippen LogP contribution < -0.4 is 10.5 Å². The van der Waals surface area contributed by atoms with E-state index < -0.39 is 6.09 Å². The van der Waals surface area contributed by atoms with E-state index in [9.17, 15) is 15.0 Å². The van der Waals surface area contributed by atoms with E-state index in [2.05, 4.69) is 15.2 Å². The molecule has 5 N–H and O–H groups in total. The molecular weight excluding hydrogens is 362 g/mol. The summed E-state index contributed by atoms with van der Waals surface area (Å²) >= 11 is 0. The number of nitrogens with zero attached hydrogens (tertiary/aromatic N) is 3. The number of phenolic OH excluding ortho intramolecular Hbond substituents is 2. The summed E-state index contributed by atoms with van der Waals surface area (Å²) in [7, 11) is 0. The number of carbonyl (C=O) groups is 1. The van der Waals surface area contributed by atoms with Gasteiger partial charge in [-0.2, -0.15) is 0 Å². The van der Waals surface area contributed by atoms with Crippen LogP contribution in [-0.4, -0.2) is 36.1 Å². The van der Waals surface area contributed by atoms with Crippen molar-refractivity contribution in [2.75, 3.05) is 0 Å². The third-order valence-electron chi connectivity index (χ3n) is 4.46. The number of fused-ring (bicyclic) bond motifs is 1. The highest BCUT2D eigenvalue weighted by Gasteiger charge is 2.23. The number of ether oxygens (including phenoxy) is 1. The summed E-state index contributed by atoms with van der Waals surface area (Å²) < 4.78 is 6.53. The van der Waals surface area contributed by atoms with E-state index in [4.69, 9.17) is 10.5 Å². The first-order valence-electron chi connectivity index (χ1n) is 8.54. The van der Waals surface area contributed by atoms with Gasteiger partial charge in [0.05, 0.1) is 11.3 Å². The van der Waals surface area contributed by atoms with Crippen molar-refractivity contribution in [1.29, 1.82) is 0 Å². The van der Waals surface area contributed by atoms with E-state index in [1.165, 1.54) is 10.6 Å². The first kappa shape index (κ1) is 17.4. The number of rotatable bonds is 4. The average Bonchev–Trinajstić information content (AvgIpc) is 3.28. The number of nitrogens with two attached hydrogens (primary N) is 1. The summed E-state index contributed by atoms with van der Waals surface area (Å²) in [6.07, 6.45) is 1.29. The maximum Gasteiger partial charge on any atom is 0.412 e. The van der Waals surface area contributed by atoms with Gasteiger partial charge in [-0.3, -0.25) is 0 Å². The SMILES string of the molecule is CCc1cc(-c2nnc(OC(N)=O)n2-c2cccc3[nH]ccc23)c(O)cc1O. The van der Waals surface area contributed by atoms with E-state index in [0.29, 0.717) is 23.2 Å². The summed E-state index contributed by atoms with van der Waals surface area (Å²) in [5.74, 6) is 0.0310. The van der Waals surface area contributed by atoms with Crippen molar-refractivity contribution < 1.29 is 19.7 Å². The molecule has 2 aromatic carbocycles. The number of aromatic nitrogens is 4. The molecule has 4 aromatic rings. The van der Waals surface area contributed by atoms with Crippen LogP contribution in [0.1, 0.15) is 12.5 Å². The maximum absolute atomic E-state index is 11.4. The van der Waals surface area contributed by atoms with Gasteiger partial charge in [0.15, 0.2) is 5.82 Å². The zero-order chi connectivity index (χ0) is 19.8. The zero-order valence-electron chi connectivity index (χ0n) is 14.9. The fourth-order valence-electron chi connectivity index (χ4n) is 3.17. The van der Waals surface area contributed by atoms with Gasteiger partial charge in [0.2, 0.25) is 0 Å². The highest BCUT2D eigenvalue weighted by molar-refractivity contribution is 5.89. The number of aryl methyl sites for hydroxylation is 1. The first-order valence-corrected chi connectivity index (χ1v) is 8.54. The molecule has 2 aromatic heterocycles. The number of H-pyrrole nitrogens is 1. The molecule has 0 spiro atoms. The highest BCUT2D eigenvalue weighted by Crippen LogP contribution is 2.38. The van der Waals surface area contributed by atoms with Crippen molar-refractivity contribution in [2.45, 2.75) is 13.3 Å². The van der Waals surface area contributed by atoms with Gasteiger partial charge in [-0.1, -0.05) is 18.1 Å². The predicted molar refractivity (Wildman–Crippen MR) is 102 cm³/mol. The normalized spacial score (nSPS) is 11.0. The molecule has 0 aliphatic rings. The molecule has 4 rings (SSSR count). The number of primary amides is 1. The number of hydrogen-bond acceptors (Lipinski definition) is 6. The fourth-order valence-corrected chi connectivity index (χ4v) is 3.17. The zero-order valence-corrected chi connectivity index (χ0v) is 14.9. The second-order valence-electron chi connectivity index (χ2n) is 6.13. The Bertz CT molecular complexity index is 1190. The number of hydrogen-bond donors (Lipinski definition) is 4. The quantitative estimate of drug-likeness (QED) is 0.430. The first-order chi connectivity index (χ1) is 13.5. The van der Waals surface area contributed by atoms with Gasteiger partial charge >= 0.3 is 12.1 Å². The molecule has 1 amide bonds. The molecule has 0 radical (unpaired) electrons. The summed E-state index contributed by atoms with van der Waals surface area (Å²) in [6, 6.07) is 10.1. The van der Waals surface area contributed by atoms with Crippen LogP contribution in [0.4, 0.5) is 4.79 Å². The molecule has 28 heavy (non-hydrogen) atoms. The maximum atomic E-state index is 11.4. The van der Waals surface area contributed by atoms with Gasteiger partial charge in [-0.05, 0) is 36.2 Å². The Morgan fingerprint density at radius 2 is 2.04 bits per heavy atom. The molecule has 9 heteroatoms.